The van der Waals surface area contributed by atoms with Gasteiger partial charge >= 0.3 is 0 Å². The molecule has 0 aromatic carbocycles. The fourth-order valence-electron chi connectivity index (χ4n) is 2.57. The Morgan fingerprint density at radius 3 is 2.35 bits per heavy atom. The van der Waals surface area contributed by atoms with E-state index in [1.807, 2.05) is 6.92 Å². The van der Waals surface area contributed by atoms with Gasteiger partial charge in [-0.3, -0.25) is 9.69 Å². The zero-order valence-corrected chi connectivity index (χ0v) is 11.6. The highest BCUT2D eigenvalue weighted by Gasteiger charge is 2.50. The first-order valence-corrected chi connectivity index (χ1v) is 6.76. The topological polar surface area (TPSA) is 58.4 Å². The summed E-state index contributed by atoms with van der Waals surface area (Å²) in [6.45, 7) is 11.0. The maximum absolute atomic E-state index is 11.9. The Hall–Kier alpha value is -0.610. The van der Waals surface area contributed by atoms with Gasteiger partial charge in [0, 0.05) is 12.6 Å². The van der Waals surface area contributed by atoms with Crippen LogP contribution >= 0.6 is 0 Å². The van der Waals surface area contributed by atoms with Crippen LogP contribution in [0.5, 0.6) is 0 Å². The van der Waals surface area contributed by atoms with Gasteiger partial charge in [0.2, 0.25) is 5.91 Å². The molecule has 17 heavy (non-hydrogen) atoms. The third kappa shape index (κ3) is 3.19. The molecule has 0 heterocycles. The van der Waals surface area contributed by atoms with Crippen LogP contribution in [0.2, 0.25) is 0 Å². The van der Waals surface area contributed by atoms with Crippen LogP contribution in [0.15, 0.2) is 0 Å². The van der Waals surface area contributed by atoms with Gasteiger partial charge in [-0.2, -0.15) is 0 Å². The van der Waals surface area contributed by atoms with Crippen LogP contribution in [0, 0.1) is 5.92 Å². The van der Waals surface area contributed by atoms with E-state index in [1.165, 1.54) is 0 Å². The number of nitrogens with zero attached hydrogens (tertiary/aromatic N) is 1. The number of nitrogens with two attached hydrogens (primary N) is 1. The van der Waals surface area contributed by atoms with Crippen molar-refractivity contribution in [3.8, 4) is 0 Å². The van der Waals surface area contributed by atoms with Crippen LogP contribution in [0.1, 0.15) is 40.5 Å². The molecule has 0 spiro atoms. The van der Waals surface area contributed by atoms with Crippen molar-refractivity contribution in [2.75, 3.05) is 19.6 Å². The van der Waals surface area contributed by atoms with Crippen molar-refractivity contribution in [2.24, 2.45) is 11.7 Å². The molecule has 1 aliphatic rings. The van der Waals surface area contributed by atoms with Crippen LogP contribution < -0.4 is 11.1 Å². The lowest BCUT2D eigenvalue weighted by atomic mass is 9.90. The van der Waals surface area contributed by atoms with E-state index in [0.717, 1.165) is 32.5 Å². The maximum Gasteiger partial charge on any atom is 0.239 e. The standard InChI is InChI=1S/C13H27N3O/c1-5-15-13(12(14)17,11-7-8-11)9-16(6-2)10(3)4/h10-11,15H,5-9H2,1-4H3,(H2,14,17). The number of rotatable bonds is 8. The van der Waals surface area contributed by atoms with E-state index in [4.69, 9.17) is 5.73 Å². The minimum absolute atomic E-state index is 0.194. The fraction of sp³-hybridized carbons (Fsp3) is 0.923. The lowest BCUT2D eigenvalue weighted by molar-refractivity contribution is -0.126. The number of likely N-dealkylation sites (N-methyl/N-ethyl adjacent to an activating group) is 2. The monoisotopic (exact) mass is 241 g/mol. The predicted molar refractivity (Wildman–Crippen MR) is 70.7 cm³/mol. The van der Waals surface area contributed by atoms with E-state index in [2.05, 4.69) is 31.0 Å². The first kappa shape index (κ1) is 14.5. The van der Waals surface area contributed by atoms with Crippen LogP contribution in [-0.2, 0) is 4.79 Å². The van der Waals surface area contributed by atoms with Gasteiger partial charge in [-0.15, -0.1) is 0 Å². The second-order valence-corrected chi connectivity index (χ2v) is 5.30. The highest BCUT2D eigenvalue weighted by atomic mass is 16.1. The Morgan fingerprint density at radius 1 is 1.47 bits per heavy atom. The molecule has 1 rings (SSSR count). The second-order valence-electron chi connectivity index (χ2n) is 5.30. The average molecular weight is 241 g/mol. The third-order valence-corrected chi connectivity index (χ3v) is 3.80. The first-order chi connectivity index (χ1) is 7.97. The molecule has 0 bridgehead atoms. The summed E-state index contributed by atoms with van der Waals surface area (Å²) >= 11 is 0. The van der Waals surface area contributed by atoms with Crippen molar-refractivity contribution in [1.82, 2.24) is 10.2 Å². The largest absolute Gasteiger partial charge is 0.368 e. The van der Waals surface area contributed by atoms with Crippen molar-refractivity contribution in [3.63, 3.8) is 0 Å². The minimum atomic E-state index is -0.519. The molecular weight excluding hydrogens is 214 g/mol. The molecule has 1 unspecified atom stereocenters. The van der Waals surface area contributed by atoms with Crippen molar-refractivity contribution < 1.29 is 4.79 Å². The van der Waals surface area contributed by atoms with E-state index in [1.54, 1.807) is 0 Å². The van der Waals surface area contributed by atoms with Gasteiger partial charge in [0.1, 0.15) is 5.54 Å². The number of primary amides is 1. The van der Waals surface area contributed by atoms with Gasteiger partial charge in [-0.05, 0) is 45.7 Å². The molecule has 4 heteroatoms. The smallest absolute Gasteiger partial charge is 0.239 e. The van der Waals surface area contributed by atoms with E-state index < -0.39 is 5.54 Å². The Kier molecular flexibility index (Phi) is 4.95. The van der Waals surface area contributed by atoms with Gasteiger partial charge in [-0.1, -0.05) is 13.8 Å². The molecule has 1 atom stereocenters. The molecule has 0 aromatic rings. The molecule has 1 aliphatic carbocycles. The van der Waals surface area contributed by atoms with Gasteiger partial charge in [0.05, 0.1) is 0 Å². The first-order valence-electron chi connectivity index (χ1n) is 6.76. The Morgan fingerprint density at radius 2 is 2.06 bits per heavy atom. The third-order valence-electron chi connectivity index (χ3n) is 3.80. The van der Waals surface area contributed by atoms with E-state index in [9.17, 15) is 4.79 Å². The van der Waals surface area contributed by atoms with Gasteiger partial charge in [0.25, 0.3) is 0 Å². The number of hydrogen-bond donors (Lipinski definition) is 2. The normalized spacial score (nSPS) is 19.6. The molecule has 1 saturated carbocycles. The molecule has 100 valence electrons. The van der Waals surface area contributed by atoms with Gasteiger partial charge in [0.15, 0.2) is 0 Å². The number of hydrogen-bond acceptors (Lipinski definition) is 3. The summed E-state index contributed by atoms with van der Waals surface area (Å²) in [6, 6.07) is 0.441. The molecule has 1 amide bonds. The van der Waals surface area contributed by atoms with E-state index in [0.29, 0.717) is 12.0 Å². The minimum Gasteiger partial charge on any atom is -0.368 e. The van der Waals surface area contributed by atoms with E-state index >= 15 is 0 Å². The van der Waals surface area contributed by atoms with Gasteiger partial charge < -0.3 is 11.1 Å². The summed E-state index contributed by atoms with van der Waals surface area (Å²) in [7, 11) is 0. The number of carbonyl (C=O) groups is 1. The van der Waals surface area contributed by atoms with Crippen LogP contribution in [0.25, 0.3) is 0 Å². The van der Waals surface area contributed by atoms with Crippen molar-refractivity contribution in [2.45, 2.75) is 52.1 Å². The molecular formula is C13H27N3O. The lowest BCUT2D eigenvalue weighted by Crippen LogP contribution is -2.63. The zero-order valence-electron chi connectivity index (χ0n) is 11.6. The summed E-state index contributed by atoms with van der Waals surface area (Å²) in [5.41, 5.74) is 5.15. The molecule has 4 nitrogen and oxygen atoms in total. The van der Waals surface area contributed by atoms with Crippen molar-refractivity contribution in [1.29, 1.82) is 0 Å². The van der Waals surface area contributed by atoms with Crippen LogP contribution in [0.4, 0.5) is 0 Å². The number of amides is 1. The zero-order chi connectivity index (χ0) is 13.1. The lowest BCUT2D eigenvalue weighted by Gasteiger charge is -2.38. The van der Waals surface area contributed by atoms with Crippen molar-refractivity contribution >= 4 is 5.91 Å². The summed E-state index contributed by atoms with van der Waals surface area (Å²) in [6.07, 6.45) is 2.23. The summed E-state index contributed by atoms with van der Waals surface area (Å²) in [5, 5.41) is 3.36. The predicted octanol–water partition coefficient (Wildman–Crippen LogP) is 0.960. The quantitative estimate of drug-likeness (QED) is 0.665. The molecule has 0 radical (unpaired) electrons. The van der Waals surface area contributed by atoms with Gasteiger partial charge in [-0.25, -0.2) is 0 Å². The maximum atomic E-state index is 11.9. The van der Waals surface area contributed by atoms with Crippen molar-refractivity contribution in [3.05, 3.63) is 0 Å². The fourth-order valence-corrected chi connectivity index (χ4v) is 2.57. The molecule has 3 N–H and O–H groups in total. The summed E-state index contributed by atoms with van der Waals surface area (Å²) in [4.78, 5) is 14.2. The summed E-state index contributed by atoms with van der Waals surface area (Å²) in [5.74, 6) is 0.230. The number of nitrogens with one attached hydrogen (secondary N) is 1. The van der Waals surface area contributed by atoms with Crippen LogP contribution in [-0.4, -0.2) is 42.0 Å². The molecule has 0 aliphatic heterocycles. The van der Waals surface area contributed by atoms with Crippen LogP contribution in [0.3, 0.4) is 0 Å². The molecule has 0 aromatic heterocycles. The second kappa shape index (κ2) is 5.83. The molecule has 1 fully saturated rings. The highest BCUT2D eigenvalue weighted by Crippen LogP contribution is 2.40. The Bertz CT molecular complexity index is 263. The highest BCUT2D eigenvalue weighted by molar-refractivity contribution is 5.86. The SMILES string of the molecule is CCNC(CN(CC)C(C)C)(C(N)=O)C1CC1. The molecule has 0 saturated heterocycles. The summed E-state index contributed by atoms with van der Waals surface area (Å²) < 4.78 is 0. The Balaban J connectivity index is 2.84. The van der Waals surface area contributed by atoms with E-state index in [-0.39, 0.29) is 5.91 Å². The Labute approximate surface area is 105 Å². The number of carbonyl (C=O) groups excluding carboxylic acids is 1. The average Bonchev–Trinajstić information content (AvgIpc) is 3.07.